The molecule has 2 saturated carbocycles. The van der Waals surface area contributed by atoms with Gasteiger partial charge in [-0.15, -0.1) is 0 Å². The minimum Gasteiger partial charge on any atom is -0.307 e. The van der Waals surface area contributed by atoms with E-state index in [9.17, 15) is 0 Å². The highest BCUT2D eigenvalue weighted by Gasteiger charge is 2.41. The number of aryl methyl sites for hydroxylation is 1. The van der Waals surface area contributed by atoms with Crippen molar-refractivity contribution in [1.82, 2.24) is 15.5 Å². The van der Waals surface area contributed by atoms with Crippen LogP contribution in [0.15, 0.2) is 6.20 Å². The summed E-state index contributed by atoms with van der Waals surface area (Å²) in [6.45, 7) is 4.36. The normalized spacial score (nSPS) is 22.7. The molecule has 0 radical (unpaired) electrons. The molecular weight excluding hydrogens is 198 g/mol. The quantitative estimate of drug-likeness (QED) is 0.799. The molecule has 0 aromatic carbocycles. The first-order chi connectivity index (χ1) is 7.75. The highest BCUT2D eigenvalue weighted by molar-refractivity contribution is 5.19. The van der Waals surface area contributed by atoms with Crippen molar-refractivity contribution in [1.29, 1.82) is 0 Å². The lowest BCUT2D eigenvalue weighted by molar-refractivity contribution is 0.377. The lowest BCUT2D eigenvalue weighted by Gasteiger charge is -2.23. The van der Waals surface area contributed by atoms with Crippen molar-refractivity contribution in [2.24, 2.45) is 11.8 Å². The first-order valence-corrected chi connectivity index (χ1v) is 6.51. The fraction of sp³-hybridized carbons (Fsp3) is 0.769. The molecule has 88 valence electrons. The molecule has 2 aliphatic carbocycles. The highest BCUT2D eigenvalue weighted by atomic mass is 15.1. The monoisotopic (exact) mass is 219 g/mol. The van der Waals surface area contributed by atoms with Crippen LogP contribution in [0.4, 0.5) is 0 Å². The molecule has 0 saturated heterocycles. The van der Waals surface area contributed by atoms with E-state index in [4.69, 9.17) is 0 Å². The molecule has 3 nitrogen and oxygen atoms in total. The van der Waals surface area contributed by atoms with Crippen LogP contribution in [0, 0.1) is 18.8 Å². The summed E-state index contributed by atoms with van der Waals surface area (Å²) in [6, 6.07) is 1.20. The Morgan fingerprint density at radius 2 is 1.94 bits per heavy atom. The molecule has 1 atom stereocenters. The van der Waals surface area contributed by atoms with Gasteiger partial charge in [-0.25, -0.2) is 0 Å². The number of aromatic nitrogens is 2. The van der Waals surface area contributed by atoms with Gasteiger partial charge in [0.2, 0.25) is 0 Å². The Labute approximate surface area is 97.0 Å². The third-order valence-corrected chi connectivity index (χ3v) is 4.04. The fourth-order valence-electron chi connectivity index (χ4n) is 2.74. The average Bonchev–Trinajstić information content (AvgIpc) is 3.14. The molecule has 0 bridgehead atoms. The second-order valence-electron chi connectivity index (χ2n) is 5.54. The lowest BCUT2D eigenvalue weighted by Crippen LogP contribution is -2.35. The van der Waals surface area contributed by atoms with Crippen LogP contribution in [-0.4, -0.2) is 16.2 Å². The second kappa shape index (κ2) is 3.88. The van der Waals surface area contributed by atoms with E-state index in [0.717, 1.165) is 17.9 Å². The van der Waals surface area contributed by atoms with E-state index in [1.165, 1.54) is 36.9 Å². The smallest absolute Gasteiger partial charge is 0.0537 e. The van der Waals surface area contributed by atoms with E-state index in [0.29, 0.717) is 6.04 Å². The van der Waals surface area contributed by atoms with Crippen LogP contribution in [0.5, 0.6) is 0 Å². The van der Waals surface area contributed by atoms with Gasteiger partial charge in [-0.05, 0) is 51.4 Å². The van der Waals surface area contributed by atoms with Crippen LogP contribution in [-0.2, 0) is 0 Å². The minimum absolute atomic E-state index is 0.435. The van der Waals surface area contributed by atoms with Crippen molar-refractivity contribution in [2.45, 2.75) is 51.6 Å². The van der Waals surface area contributed by atoms with Gasteiger partial charge in [0.1, 0.15) is 0 Å². The number of hydrogen-bond acceptors (Lipinski definition) is 2. The van der Waals surface area contributed by atoms with Crippen LogP contribution in [0.1, 0.15) is 49.9 Å². The van der Waals surface area contributed by atoms with Crippen molar-refractivity contribution in [3.05, 3.63) is 17.5 Å². The van der Waals surface area contributed by atoms with Gasteiger partial charge >= 0.3 is 0 Å². The molecule has 2 N–H and O–H groups in total. The topological polar surface area (TPSA) is 40.7 Å². The van der Waals surface area contributed by atoms with Crippen LogP contribution in [0.2, 0.25) is 0 Å². The molecule has 2 fully saturated rings. The number of nitrogens with one attached hydrogen (secondary N) is 2. The molecule has 1 heterocycles. The predicted molar refractivity (Wildman–Crippen MR) is 64.1 cm³/mol. The molecule has 0 aliphatic heterocycles. The Hall–Kier alpha value is -0.830. The molecular formula is C13H21N3. The average molecular weight is 219 g/mol. The summed E-state index contributed by atoms with van der Waals surface area (Å²) in [4.78, 5) is 0. The Morgan fingerprint density at radius 3 is 2.38 bits per heavy atom. The Morgan fingerprint density at radius 1 is 1.31 bits per heavy atom. The maximum atomic E-state index is 4.11. The molecule has 2 aliphatic rings. The number of hydrogen-bond donors (Lipinski definition) is 2. The molecule has 0 amide bonds. The lowest BCUT2D eigenvalue weighted by atomic mass is 10.0. The number of aromatic amines is 1. The zero-order valence-corrected chi connectivity index (χ0v) is 10.2. The van der Waals surface area contributed by atoms with Gasteiger partial charge in [-0.1, -0.05) is 0 Å². The van der Waals surface area contributed by atoms with Crippen molar-refractivity contribution >= 4 is 0 Å². The number of nitrogens with zero attached hydrogens (tertiary/aromatic N) is 1. The van der Waals surface area contributed by atoms with Crippen molar-refractivity contribution in [3.8, 4) is 0 Å². The molecule has 1 aromatic heterocycles. The molecule has 0 spiro atoms. The van der Waals surface area contributed by atoms with Crippen LogP contribution in [0.3, 0.4) is 0 Å². The summed E-state index contributed by atoms with van der Waals surface area (Å²) in [5.41, 5.74) is 2.52. The molecule has 3 heteroatoms. The maximum absolute atomic E-state index is 4.11. The van der Waals surface area contributed by atoms with E-state index < -0.39 is 0 Å². The van der Waals surface area contributed by atoms with Crippen LogP contribution in [0.25, 0.3) is 0 Å². The Bertz CT molecular complexity index is 351. The van der Waals surface area contributed by atoms with Gasteiger partial charge in [0.05, 0.1) is 6.20 Å². The minimum atomic E-state index is 0.435. The van der Waals surface area contributed by atoms with E-state index in [-0.39, 0.29) is 0 Å². The number of H-pyrrole nitrogens is 1. The summed E-state index contributed by atoms with van der Waals surface area (Å²) in [7, 11) is 0. The van der Waals surface area contributed by atoms with Gasteiger partial charge in [0.25, 0.3) is 0 Å². The number of rotatable bonds is 5. The molecule has 1 aromatic rings. The SMILES string of the molecule is Cc1[nH]ncc1C(C)NC(C1CC1)C1CC1. The van der Waals surface area contributed by atoms with Crippen LogP contribution >= 0.6 is 0 Å². The van der Waals surface area contributed by atoms with E-state index in [1.807, 2.05) is 6.20 Å². The van der Waals surface area contributed by atoms with Gasteiger partial charge in [-0.3, -0.25) is 5.10 Å². The third-order valence-electron chi connectivity index (χ3n) is 4.04. The Balaban J connectivity index is 1.66. The first-order valence-electron chi connectivity index (χ1n) is 6.51. The summed E-state index contributed by atoms with van der Waals surface area (Å²) in [6.07, 6.45) is 7.71. The van der Waals surface area contributed by atoms with Crippen LogP contribution < -0.4 is 5.32 Å². The zero-order valence-electron chi connectivity index (χ0n) is 10.2. The highest BCUT2D eigenvalue weighted by Crippen LogP contribution is 2.45. The van der Waals surface area contributed by atoms with E-state index >= 15 is 0 Å². The Kier molecular flexibility index (Phi) is 2.51. The van der Waals surface area contributed by atoms with Gasteiger partial charge in [0, 0.05) is 23.3 Å². The van der Waals surface area contributed by atoms with Gasteiger partial charge in [-0.2, -0.15) is 5.10 Å². The summed E-state index contributed by atoms with van der Waals surface area (Å²) < 4.78 is 0. The first kappa shape index (κ1) is 10.3. The molecule has 1 unspecified atom stereocenters. The third kappa shape index (κ3) is 2.01. The largest absolute Gasteiger partial charge is 0.307 e. The van der Waals surface area contributed by atoms with Crippen molar-refractivity contribution in [3.63, 3.8) is 0 Å². The predicted octanol–water partition coefficient (Wildman–Crippen LogP) is 2.56. The van der Waals surface area contributed by atoms with Crippen molar-refractivity contribution in [2.75, 3.05) is 0 Å². The molecule has 3 rings (SSSR count). The van der Waals surface area contributed by atoms with Crippen molar-refractivity contribution < 1.29 is 0 Å². The fourth-order valence-corrected chi connectivity index (χ4v) is 2.74. The maximum Gasteiger partial charge on any atom is 0.0537 e. The van der Waals surface area contributed by atoms with Gasteiger partial charge in [0.15, 0.2) is 0 Å². The molecule has 16 heavy (non-hydrogen) atoms. The van der Waals surface area contributed by atoms with Gasteiger partial charge < -0.3 is 5.32 Å². The zero-order chi connectivity index (χ0) is 11.1. The summed E-state index contributed by atoms with van der Waals surface area (Å²) in [5, 5.41) is 11.0. The standard InChI is InChI=1S/C13H21N3/c1-8(12-7-14-16-9(12)2)15-13(10-3-4-10)11-5-6-11/h7-8,10-11,13,15H,3-6H2,1-2H3,(H,14,16). The summed E-state index contributed by atoms with van der Waals surface area (Å²) >= 11 is 0. The summed E-state index contributed by atoms with van der Waals surface area (Å²) in [5.74, 6) is 1.92. The van der Waals surface area contributed by atoms with E-state index in [1.54, 1.807) is 0 Å². The second-order valence-corrected chi connectivity index (χ2v) is 5.54. The van der Waals surface area contributed by atoms with E-state index in [2.05, 4.69) is 29.4 Å².